The smallest absolute Gasteiger partial charge is 0.250 e. The lowest BCUT2D eigenvalue weighted by molar-refractivity contribution is -0.118. The van der Waals surface area contributed by atoms with Crippen LogP contribution in [0.3, 0.4) is 0 Å². The van der Waals surface area contributed by atoms with Gasteiger partial charge in [-0.3, -0.25) is 4.79 Å². The van der Waals surface area contributed by atoms with Crippen molar-refractivity contribution in [2.45, 2.75) is 31.1 Å². The third kappa shape index (κ3) is 5.50. The van der Waals surface area contributed by atoms with Gasteiger partial charge in [-0.25, -0.2) is 9.82 Å². The average molecular weight is 520 g/mol. The number of hydrogen-bond acceptors (Lipinski definition) is 4. The van der Waals surface area contributed by atoms with Crippen molar-refractivity contribution in [1.82, 2.24) is 5.43 Å². The van der Waals surface area contributed by atoms with Crippen molar-refractivity contribution in [2.24, 2.45) is 11.0 Å². The molecule has 0 unspecified atom stereocenters. The van der Waals surface area contributed by atoms with E-state index < -0.39 is 0 Å². The van der Waals surface area contributed by atoms with Crippen LogP contribution >= 0.6 is 23.4 Å². The number of carbonyl (C=O) groups is 1. The molecule has 4 nitrogen and oxygen atoms in total. The first-order chi connectivity index (χ1) is 17.5. The highest BCUT2D eigenvalue weighted by Crippen LogP contribution is 2.49. The van der Waals surface area contributed by atoms with Gasteiger partial charge in [-0.05, 0) is 77.9 Å². The third-order valence-corrected chi connectivity index (χ3v) is 7.99. The molecule has 3 aromatic rings. The zero-order valence-corrected chi connectivity index (χ0v) is 21.5. The highest BCUT2D eigenvalue weighted by atomic mass is 35.5. The third-order valence-electron chi connectivity index (χ3n) is 6.75. The molecule has 36 heavy (non-hydrogen) atoms. The molecule has 0 aromatic heterocycles. The maximum Gasteiger partial charge on any atom is 0.250 e. The molecule has 2 N–H and O–H groups in total. The number of thioether (sulfide) groups is 1. The van der Waals surface area contributed by atoms with Crippen LogP contribution in [0.4, 0.5) is 10.1 Å². The highest BCUT2D eigenvalue weighted by molar-refractivity contribution is 7.99. The number of fused-ring (bicyclic) bond motifs is 3. The van der Waals surface area contributed by atoms with E-state index in [2.05, 4.69) is 40.1 Å². The van der Waals surface area contributed by atoms with Crippen molar-refractivity contribution in [1.29, 1.82) is 0 Å². The fourth-order valence-electron chi connectivity index (χ4n) is 4.95. The first-order valence-electron chi connectivity index (χ1n) is 12.0. The standard InChI is InChI=1S/C29H27ClFN3OS/c1-18(33-34-28(35)17-36-16-19-4-2-5-22(30)14-19)21-10-13-27-26(15-21)24-6-3-7-25(24)29(32-27)20-8-11-23(31)12-9-20/h2-6,8-15,24-25,29,32H,7,16-17H2,1H3,(H,34,35)/b33-18-/t24-,25+,29+/m1/s1. The Bertz CT molecular complexity index is 1320. The van der Waals surface area contributed by atoms with E-state index in [0.29, 0.717) is 22.4 Å². The van der Waals surface area contributed by atoms with E-state index in [9.17, 15) is 9.18 Å². The highest BCUT2D eigenvalue weighted by Gasteiger charge is 2.38. The summed E-state index contributed by atoms with van der Waals surface area (Å²) in [4.78, 5) is 12.3. The number of amides is 1. The van der Waals surface area contributed by atoms with Gasteiger partial charge in [0.25, 0.3) is 0 Å². The molecule has 1 aliphatic heterocycles. The van der Waals surface area contributed by atoms with Crippen molar-refractivity contribution < 1.29 is 9.18 Å². The van der Waals surface area contributed by atoms with Gasteiger partial charge in [-0.1, -0.05) is 54.1 Å². The molecular formula is C29H27ClFN3OS. The van der Waals surface area contributed by atoms with Crippen molar-refractivity contribution in [3.8, 4) is 0 Å². The van der Waals surface area contributed by atoms with Crippen LogP contribution < -0.4 is 10.7 Å². The van der Waals surface area contributed by atoms with Gasteiger partial charge < -0.3 is 5.32 Å². The van der Waals surface area contributed by atoms with Crippen LogP contribution in [0.5, 0.6) is 0 Å². The molecule has 0 radical (unpaired) electrons. The average Bonchev–Trinajstić information content (AvgIpc) is 3.38. The van der Waals surface area contributed by atoms with Crippen LogP contribution in [0, 0.1) is 11.7 Å². The second kappa shape index (κ2) is 10.9. The summed E-state index contributed by atoms with van der Waals surface area (Å²) >= 11 is 7.54. The molecule has 1 amide bonds. The normalized spacial score (nSPS) is 20.4. The van der Waals surface area contributed by atoms with Gasteiger partial charge >= 0.3 is 0 Å². The number of nitrogens with one attached hydrogen (secondary N) is 2. The van der Waals surface area contributed by atoms with Crippen LogP contribution in [0.1, 0.15) is 47.6 Å². The first-order valence-corrected chi connectivity index (χ1v) is 13.5. The van der Waals surface area contributed by atoms with Crippen molar-refractivity contribution in [3.05, 3.63) is 112 Å². The molecule has 184 valence electrons. The van der Waals surface area contributed by atoms with Gasteiger partial charge in [0.1, 0.15) is 5.82 Å². The Morgan fingerprint density at radius 2 is 2.00 bits per heavy atom. The fourth-order valence-corrected chi connectivity index (χ4v) is 5.93. The number of benzene rings is 3. The fraction of sp³-hybridized carbons (Fsp3) is 0.241. The van der Waals surface area contributed by atoms with Crippen LogP contribution in [0.25, 0.3) is 0 Å². The Hall–Kier alpha value is -3.09. The molecule has 3 atom stereocenters. The quantitative estimate of drug-likeness (QED) is 0.199. The number of halogens is 2. The maximum atomic E-state index is 13.5. The number of hydrazone groups is 1. The SMILES string of the molecule is C/C(=N/NC(=O)CSCc1cccc(Cl)c1)c1ccc2c(c1)[C@@H]1C=CC[C@@H]1[C@H](c1ccc(F)cc1)N2. The molecule has 0 fully saturated rings. The molecular weight excluding hydrogens is 493 g/mol. The lowest BCUT2D eigenvalue weighted by Gasteiger charge is -2.37. The predicted octanol–water partition coefficient (Wildman–Crippen LogP) is 7.08. The largest absolute Gasteiger partial charge is 0.378 e. The summed E-state index contributed by atoms with van der Waals surface area (Å²) in [7, 11) is 0. The van der Waals surface area contributed by atoms with Crippen molar-refractivity contribution in [2.75, 3.05) is 11.1 Å². The number of hydrogen-bond donors (Lipinski definition) is 2. The minimum absolute atomic E-state index is 0.127. The van der Waals surface area contributed by atoms with Gasteiger partial charge in [0.05, 0.1) is 17.5 Å². The first kappa shape index (κ1) is 24.6. The summed E-state index contributed by atoms with van der Waals surface area (Å²) in [6.45, 7) is 1.90. The van der Waals surface area contributed by atoms with E-state index in [1.165, 1.54) is 29.5 Å². The van der Waals surface area contributed by atoms with Crippen molar-refractivity contribution in [3.63, 3.8) is 0 Å². The number of allylic oxidation sites excluding steroid dienone is 2. The Balaban J connectivity index is 1.24. The summed E-state index contributed by atoms with van der Waals surface area (Å²) in [6, 6.07) is 20.8. The maximum absolute atomic E-state index is 13.5. The predicted molar refractivity (Wildman–Crippen MR) is 147 cm³/mol. The molecule has 1 aliphatic carbocycles. The van der Waals surface area contributed by atoms with E-state index in [-0.39, 0.29) is 23.7 Å². The molecule has 0 bridgehead atoms. The van der Waals surface area contributed by atoms with Crippen LogP contribution in [-0.2, 0) is 10.5 Å². The van der Waals surface area contributed by atoms with Gasteiger partial charge in [0.2, 0.25) is 5.91 Å². The number of rotatable bonds is 7. The van der Waals surface area contributed by atoms with Crippen LogP contribution in [-0.4, -0.2) is 17.4 Å². The molecule has 2 aliphatic rings. The molecule has 0 saturated heterocycles. The summed E-state index contributed by atoms with van der Waals surface area (Å²) in [6.07, 6.45) is 5.48. The van der Waals surface area contributed by atoms with Gasteiger partial charge in [0, 0.05) is 22.4 Å². The van der Waals surface area contributed by atoms with E-state index in [1.807, 2.05) is 49.4 Å². The summed E-state index contributed by atoms with van der Waals surface area (Å²) < 4.78 is 13.5. The Morgan fingerprint density at radius 1 is 1.17 bits per heavy atom. The van der Waals surface area contributed by atoms with Gasteiger partial charge in [0.15, 0.2) is 0 Å². The van der Waals surface area contributed by atoms with E-state index in [1.54, 1.807) is 0 Å². The second-order valence-electron chi connectivity index (χ2n) is 9.18. The van der Waals surface area contributed by atoms with Gasteiger partial charge in [-0.15, -0.1) is 11.8 Å². The van der Waals surface area contributed by atoms with E-state index in [0.717, 1.165) is 34.5 Å². The zero-order valence-electron chi connectivity index (χ0n) is 19.9. The molecule has 1 heterocycles. The van der Waals surface area contributed by atoms with Gasteiger partial charge in [-0.2, -0.15) is 5.10 Å². The zero-order chi connectivity index (χ0) is 25.1. The Labute approximate surface area is 220 Å². The summed E-state index contributed by atoms with van der Waals surface area (Å²) in [5.41, 5.74) is 8.89. The Kier molecular flexibility index (Phi) is 7.44. The second-order valence-corrected chi connectivity index (χ2v) is 10.6. The summed E-state index contributed by atoms with van der Waals surface area (Å²) in [5.74, 6) is 1.32. The molecule has 0 saturated carbocycles. The minimum Gasteiger partial charge on any atom is -0.378 e. The van der Waals surface area contributed by atoms with Crippen LogP contribution in [0.15, 0.2) is 84.0 Å². The lowest BCUT2D eigenvalue weighted by Crippen LogP contribution is -2.29. The molecule has 7 heteroatoms. The topological polar surface area (TPSA) is 53.5 Å². The van der Waals surface area contributed by atoms with E-state index in [4.69, 9.17) is 11.6 Å². The molecule has 5 rings (SSSR count). The van der Waals surface area contributed by atoms with Crippen molar-refractivity contribution >= 4 is 40.7 Å². The molecule has 0 spiro atoms. The number of anilines is 1. The molecule has 3 aromatic carbocycles. The lowest BCUT2D eigenvalue weighted by atomic mass is 9.76. The monoisotopic (exact) mass is 519 g/mol. The number of nitrogens with zero attached hydrogens (tertiary/aromatic N) is 1. The van der Waals surface area contributed by atoms with Crippen LogP contribution in [0.2, 0.25) is 5.02 Å². The minimum atomic E-state index is -0.220. The van der Waals surface area contributed by atoms with E-state index >= 15 is 0 Å². The summed E-state index contributed by atoms with van der Waals surface area (Å²) in [5, 5.41) is 8.72. The number of carbonyl (C=O) groups excluding carboxylic acids is 1. The Morgan fingerprint density at radius 3 is 2.81 bits per heavy atom.